The molecule has 4 aromatic rings. The summed E-state index contributed by atoms with van der Waals surface area (Å²) in [5.74, 6) is 0.0593. The zero-order valence-electron chi connectivity index (χ0n) is 19.4. The zero-order chi connectivity index (χ0) is 27.5. The molecular weight excluding hydrogens is 514 g/mol. The fourth-order valence-electron chi connectivity index (χ4n) is 3.42. The molecule has 14 heteroatoms. The maximum absolute atomic E-state index is 14.0. The summed E-state index contributed by atoms with van der Waals surface area (Å²) in [4.78, 5) is 17.7. The number of alkyl halides is 6. The predicted molar refractivity (Wildman–Crippen MR) is 128 cm³/mol. The number of rotatable bonds is 8. The number of aromatic nitrogens is 6. The van der Waals surface area contributed by atoms with Gasteiger partial charge in [-0.2, -0.15) is 26.3 Å². The van der Waals surface area contributed by atoms with Gasteiger partial charge in [-0.05, 0) is 24.3 Å². The lowest BCUT2D eigenvalue weighted by Gasteiger charge is -2.21. The van der Waals surface area contributed by atoms with Crippen LogP contribution in [0.3, 0.4) is 0 Å². The summed E-state index contributed by atoms with van der Waals surface area (Å²) in [5.41, 5.74) is -2.35. The van der Waals surface area contributed by atoms with Crippen LogP contribution < -0.4 is 10.2 Å². The summed E-state index contributed by atoms with van der Waals surface area (Å²) < 4.78 is 80.3. The van der Waals surface area contributed by atoms with E-state index in [0.717, 1.165) is 24.4 Å². The van der Waals surface area contributed by atoms with Gasteiger partial charge in [0.2, 0.25) is 0 Å². The number of halogens is 6. The van der Waals surface area contributed by atoms with E-state index in [1.165, 1.54) is 29.3 Å². The van der Waals surface area contributed by atoms with Crippen molar-refractivity contribution in [2.24, 2.45) is 0 Å². The Hall–Kier alpha value is -4.62. The van der Waals surface area contributed by atoms with Gasteiger partial charge in [0.15, 0.2) is 11.5 Å². The Balaban J connectivity index is 1.71. The highest BCUT2D eigenvalue weighted by atomic mass is 19.4. The van der Waals surface area contributed by atoms with Crippen LogP contribution in [0.25, 0.3) is 22.6 Å². The second-order valence-corrected chi connectivity index (χ2v) is 7.79. The largest absolute Gasteiger partial charge is 0.418 e. The molecule has 0 aromatic carbocycles. The van der Waals surface area contributed by atoms with Crippen LogP contribution >= 0.6 is 0 Å². The number of hydrogen-bond acceptors (Lipinski definition) is 8. The molecule has 0 aliphatic rings. The first-order valence-corrected chi connectivity index (χ1v) is 10.9. The van der Waals surface area contributed by atoms with E-state index in [2.05, 4.69) is 48.6 Å². The molecule has 0 spiro atoms. The monoisotopic (exact) mass is 532 g/mol. The molecule has 38 heavy (non-hydrogen) atoms. The quantitative estimate of drug-likeness (QED) is 0.224. The van der Waals surface area contributed by atoms with E-state index in [-0.39, 0.29) is 47.3 Å². The van der Waals surface area contributed by atoms with Crippen LogP contribution in [0.1, 0.15) is 11.1 Å². The van der Waals surface area contributed by atoms with Gasteiger partial charge in [-0.1, -0.05) is 12.2 Å². The minimum atomic E-state index is -4.78. The van der Waals surface area contributed by atoms with Gasteiger partial charge in [-0.15, -0.1) is 23.4 Å². The van der Waals surface area contributed by atoms with Gasteiger partial charge < -0.3 is 10.2 Å². The minimum absolute atomic E-state index is 0.0247. The van der Waals surface area contributed by atoms with Crippen LogP contribution in [-0.2, 0) is 12.4 Å². The lowest BCUT2D eigenvalue weighted by Crippen LogP contribution is -2.25. The molecule has 0 aliphatic heterocycles. The fourth-order valence-corrected chi connectivity index (χ4v) is 3.42. The van der Waals surface area contributed by atoms with Crippen LogP contribution in [0, 0.1) is 0 Å². The van der Waals surface area contributed by atoms with E-state index >= 15 is 0 Å². The van der Waals surface area contributed by atoms with E-state index in [4.69, 9.17) is 0 Å². The second kappa shape index (κ2) is 10.4. The Kier molecular flexibility index (Phi) is 7.23. The summed E-state index contributed by atoms with van der Waals surface area (Å²) in [6.45, 7) is 7.64. The Labute approximate surface area is 211 Å². The zero-order valence-corrected chi connectivity index (χ0v) is 19.4. The van der Waals surface area contributed by atoms with Gasteiger partial charge in [0.1, 0.15) is 22.7 Å². The summed E-state index contributed by atoms with van der Waals surface area (Å²) >= 11 is 0. The van der Waals surface area contributed by atoms with Gasteiger partial charge in [-0.25, -0.2) is 19.9 Å². The lowest BCUT2D eigenvalue weighted by atomic mass is 10.1. The molecule has 0 radical (unpaired) electrons. The van der Waals surface area contributed by atoms with Gasteiger partial charge in [0.25, 0.3) is 0 Å². The van der Waals surface area contributed by atoms with E-state index in [9.17, 15) is 26.3 Å². The highest BCUT2D eigenvalue weighted by Gasteiger charge is 2.36. The fraction of sp³-hybridized carbons (Fsp3) is 0.167. The molecule has 8 nitrogen and oxygen atoms in total. The van der Waals surface area contributed by atoms with Gasteiger partial charge in [0, 0.05) is 25.5 Å². The van der Waals surface area contributed by atoms with Gasteiger partial charge in [0.05, 0.1) is 23.0 Å². The Morgan fingerprint density at radius 2 is 1.61 bits per heavy atom. The third kappa shape index (κ3) is 5.68. The molecule has 0 atom stereocenters. The third-order valence-electron chi connectivity index (χ3n) is 5.15. The van der Waals surface area contributed by atoms with Crippen molar-refractivity contribution in [1.82, 2.24) is 30.1 Å². The number of nitrogens with one attached hydrogen (secondary N) is 1. The molecule has 0 unspecified atom stereocenters. The van der Waals surface area contributed by atoms with Crippen LogP contribution in [-0.4, -0.2) is 43.2 Å². The molecule has 0 saturated carbocycles. The van der Waals surface area contributed by atoms with Crippen molar-refractivity contribution < 1.29 is 26.3 Å². The summed E-state index contributed by atoms with van der Waals surface area (Å²) in [6.07, 6.45) is -3.23. The molecule has 0 bridgehead atoms. The second-order valence-electron chi connectivity index (χ2n) is 7.79. The standard InChI is InChI=1S/C24H18F6N8/c1-3-9-38(10-4-2)19-11-15(24(28,29)30)20(37-36-19)17-13-33-21-16(7-8-31-22(21)35-17)34-18-6-5-14(12-32-18)23(25,26)27/h3-8,11-13H,1-2,9-10H2,(H,31,32,34,35). The molecule has 1 N–H and O–H groups in total. The molecule has 4 aromatic heterocycles. The van der Waals surface area contributed by atoms with Crippen LogP contribution in [0.2, 0.25) is 0 Å². The van der Waals surface area contributed by atoms with E-state index in [1.54, 1.807) is 0 Å². The third-order valence-corrected chi connectivity index (χ3v) is 5.15. The van der Waals surface area contributed by atoms with Crippen LogP contribution in [0.15, 0.2) is 68.2 Å². The van der Waals surface area contributed by atoms with E-state index in [1.807, 2.05) is 0 Å². The van der Waals surface area contributed by atoms with E-state index in [0.29, 0.717) is 6.20 Å². The highest BCUT2D eigenvalue weighted by Crippen LogP contribution is 2.37. The number of anilines is 3. The molecule has 0 saturated heterocycles. The Morgan fingerprint density at radius 1 is 0.868 bits per heavy atom. The first kappa shape index (κ1) is 26.4. The van der Waals surface area contributed by atoms with Crippen molar-refractivity contribution in [3.05, 3.63) is 79.3 Å². The molecule has 4 heterocycles. The van der Waals surface area contributed by atoms with Gasteiger partial charge in [-0.3, -0.25) is 0 Å². The van der Waals surface area contributed by atoms with Crippen molar-refractivity contribution in [1.29, 1.82) is 0 Å². The average Bonchev–Trinajstić information content (AvgIpc) is 2.87. The molecule has 0 aliphatic carbocycles. The first-order valence-electron chi connectivity index (χ1n) is 10.9. The molecule has 196 valence electrons. The number of nitrogens with zero attached hydrogens (tertiary/aromatic N) is 7. The number of fused-ring (bicyclic) bond motifs is 1. The maximum Gasteiger partial charge on any atom is 0.418 e. The Morgan fingerprint density at radius 3 is 2.21 bits per heavy atom. The normalized spacial score (nSPS) is 11.8. The molecular formula is C24H18F6N8. The molecule has 0 amide bonds. The number of pyridine rings is 2. The first-order chi connectivity index (χ1) is 18.0. The van der Waals surface area contributed by atoms with Crippen molar-refractivity contribution in [3.8, 4) is 11.4 Å². The van der Waals surface area contributed by atoms with Gasteiger partial charge >= 0.3 is 12.4 Å². The predicted octanol–water partition coefficient (Wildman–Crippen LogP) is 5.84. The van der Waals surface area contributed by atoms with Crippen LogP contribution in [0.5, 0.6) is 0 Å². The number of hydrogen-bond donors (Lipinski definition) is 1. The smallest absolute Gasteiger partial charge is 0.348 e. The van der Waals surface area contributed by atoms with Crippen molar-refractivity contribution in [2.45, 2.75) is 12.4 Å². The maximum atomic E-state index is 14.0. The van der Waals surface area contributed by atoms with Crippen LogP contribution in [0.4, 0.5) is 43.7 Å². The highest BCUT2D eigenvalue weighted by molar-refractivity contribution is 5.87. The summed E-state index contributed by atoms with van der Waals surface area (Å²) in [7, 11) is 0. The Bertz CT molecular complexity index is 1460. The topological polar surface area (TPSA) is 92.6 Å². The van der Waals surface area contributed by atoms with Crippen molar-refractivity contribution in [3.63, 3.8) is 0 Å². The molecule has 0 fully saturated rings. The SMILES string of the molecule is C=CCN(CC=C)c1cc(C(F)(F)F)c(-c2cnc3c(Nc4ccc(C(F)(F)F)cn4)ccnc3n2)nn1. The summed E-state index contributed by atoms with van der Waals surface area (Å²) in [6, 6.07) is 4.32. The lowest BCUT2D eigenvalue weighted by molar-refractivity contribution is -0.138. The van der Waals surface area contributed by atoms with E-state index < -0.39 is 29.2 Å². The minimum Gasteiger partial charge on any atom is -0.348 e. The average molecular weight is 532 g/mol. The van der Waals surface area contributed by atoms with Crippen molar-refractivity contribution >= 4 is 28.5 Å². The molecule has 4 rings (SSSR count). The van der Waals surface area contributed by atoms with Crippen molar-refractivity contribution in [2.75, 3.05) is 23.3 Å². The summed E-state index contributed by atoms with van der Waals surface area (Å²) in [5, 5.41) is 10.5.